The molecule has 8 heteroatoms. The number of ether oxygens (including phenoxy) is 2. The molecule has 0 saturated carbocycles. The van der Waals surface area contributed by atoms with Gasteiger partial charge in [-0.15, -0.1) is 0 Å². The lowest BCUT2D eigenvalue weighted by Gasteiger charge is -2.19. The lowest BCUT2D eigenvalue weighted by atomic mass is 10.2. The van der Waals surface area contributed by atoms with Crippen LogP contribution in [0.4, 0.5) is 0 Å². The second-order valence-electron chi connectivity index (χ2n) is 6.74. The fourth-order valence-corrected chi connectivity index (χ4v) is 3.14. The molecule has 0 amide bonds. The Morgan fingerprint density at radius 1 is 1.20 bits per heavy atom. The number of nitrogens with zero attached hydrogens (tertiary/aromatic N) is 1. The molecular formula is C17H27N3O4S. The number of guanidine groups is 1. The molecule has 0 radical (unpaired) electrons. The molecule has 7 nitrogen and oxygen atoms in total. The Labute approximate surface area is 149 Å². The highest BCUT2D eigenvalue weighted by Crippen LogP contribution is 2.32. The Bertz CT molecular complexity index is 724. The third-order valence-corrected chi connectivity index (χ3v) is 6.40. The summed E-state index contributed by atoms with van der Waals surface area (Å²) >= 11 is 0. The number of aliphatic imine (C=N–C) groups is 1. The summed E-state index contributed by atoms with van der Waals surface area (Å²) in [5, 5.41) is 6.19. The second-order valence-corrected chi connectivity index (χ2v) is 9.60. The molecule has 0 aliphatic carbocycles. The minimum atomic E-state index is -3.16. The molecule has 0 unspecified atom stereocenters. The van der Waals surface area contributed by atoms with Crippen LogP contribution in [0.1, 0.15) is 33.3 Å². The fraction of sp³-hybridized carbons (Fsp3) is 0.588. The predicted molar refractivity (Wildman–Crippen MR) is 98.9 cm³/mol. The average Bonchev–Trinajstić information content (AvgIpc) is 2.99. The zero-order chi connectivity index (χ0) is 18.5. The monoisotopic (exact) mass is 369 g/mol. The van der Waals surface area contributed by atoms with Crippen molar-refractivity contribution < 1.29 is 17.9 Å². The van der Waals surface area contributed by atoms with Crippen molar-refractivity contribution in [2.75, 3.05) is 25.6 Å². The molecule has 0 spiro atoms. The van der Waals surface area contributed by atoms with Crippen LogP contribution < -0.4 is 20.1 Å². The Balaban J connectivity index is 1.94. The first-order valence-electron chi connectivity index (χ1n) is 8.36. The zero-order valence-electron chi connectivity index (χ0n) is 15.3. The van der Waals surface area contributed by atoms with E-state index in [1.165, 1.54) is 0 Å². The summed E-state index contributed by atoms with van der Waals surface area (Å²) in [4.78, 5) is 4.49. The predicted octanol–water partition coefficient (Wildman–Crippen LogP) is 1.68. The largest absolute Gasteiger partial charge is 0.454 e. The first-order chi connectivity index (χ1) is 11.7. The van der Waals surface area contributed by atoms with Crippen molar-refractivity contribution in [3.63, 3.8) is 0 Å². The SMILES string of the molecule is CCNC(=NCc1ccc2c(c1)OCO2)NCCS(=O)(=O)C(C)(C)C. The van der Waals surface area contributed by atoms with E-state index in [4.69, 9.17) is 9.47 Å². The number of rotatable bonds is 6. The van der Waals surface area contributed by atoms with Gasteiger partial charge < -0.3 is 20.1 Å². The van der Waals surface area contributed by atoms with Crippen LogP contribution in [-0.4, -0.2) is 44.8 Å². The Hall–Kier alpha value is -1.96. The van der Waals surface area contributed by atoms with Gasteiger partial charge in [0.25, 0.3) is 0 Å². The van der Waals surface area contributed by atoms with Crippen molar-refractivity contribution >= 4 is 15.8 Å². The van der Waals surface area contributed by atoms with Crippen LogP contribution in [0.3, 0.4) is 0 Å². The number of sulfone groups is 1. The molecule has 1 aliphatic heterocycles. The minimum absolute atomic E-state index is 0.0605. The van der Waals surface area contributed by atoms with Gasteiger partial charge in [0.05, 0.1) is 17.0 Å². The summed E-state index contributed by atoms with van der Waals surface area (Å²) in [6.45, 7) is 8.80. The van der Waals surface area contributed by atoms with Gasteiger partial charge in [-0.1, -0.05) is 6.07 Å². The molecule has 2 N–H and O–H groups in total. The molecule has 0 atom stereocenters. The fourth-order valence-electron chi connectivity index (χ4n) is 2.16. The maximum Gasteiger partial charge on any atom is 0.231 e. The van der Waals surface area contributed by atoms with Crippen LogP contribution in [-0.2, 0) is 16.4 Å². The first kappa shape index (κ1) is 19.4. The van der Waals surface area contributed by atoms with Crippen molar-refractivity contribution in [3.8, 4) is 11.5 Å². The van der Waals surface area contributed by atoms with E-state index in [0.717, 1.165) is 17.1 Å². The molecule has 1 aromatic rings. The molecule has 2 rings (SSSR count). The molecule has 0 fully saturated rings. The van der Waals surface area contributed by atoms with E-state index in [1.807, 2.05) is 25.1 Å². The van der Waals surface area contributed by atoms with Crippen LogP contribution in [0.5, 0.6) is 11.5 Å². The van der Waals surface area contributed by atoms with Crippen molar-refractivity contribution in [1.82, 2.24) is 10.6 Å². The minimum Gasteiger partial charge on any atom is -0.454 e. The van der Waals surface area contributed by atoms with E-state index < -0.39 is 14.6 Å². The molecule has 1 heterocycles. The Kier molecular flexibility index (Phi) is 6.16. The maximum absolute atomic E-state index is 12.2. The van der Waals surface area contributed by atoms with E-state index in [9.17, 15) is 8.42 Å². The van der Waals surface area contributed by atoms with E-state index in [1.54, 1.807) is 20.8 Å². The smallest absolute Gasteiger partial charge is 0.231 e. The average molecular weight is 369 g/mol. The highest BCUT2D eigenvalue weighted by molar-refractivity contribution is 7.92. The Morgan fingerprint density at radius 2 is 1.92 bits per heavy atom. The molecule has 25 heavy (non-hydrogen) atoms. The van der Waals surface area contributed by atoms with Gasteiger partial charge in [-0.2, -0.15) is 0 Å². The van der Waals surface area contributed by atoms with Crippen LogP contribution in [0.25, 0.3) is 0 Å². The van der Waals surface area contributed by atoms with Crippen LogP contribution in [0.2, 0.25) is 0 Å². The lowest BCUT2D eigenvalue weighted by molar-refractivity contribution is 0.174. The van der Waals surface area contributed by atoms with Crippen molar-refractivity contribution in [2.24, 2.45) is 4.99 Å². The van der Waals surface area contributed by atoms with Gasteiger partial charge in [-0.25, -0.2) is 13.4 Å². The summed E-state index contributed by atoms with van der Waals surface area (Å²) in [5.41, 5.74) is 0.990. The highest BCUT2D eigenvalue weighted by Gasteiger charge is 2.28. The highest BCUT2D eigenvalue weighted by atomic mass is 32.2. The van der Waals surface area contributed by atoms with Crippen LogP contribution in [0.15, 0.2) is 23.2 Å². The van der Waals surface area contributed by atoms with Gasteiger partial charge in [0.15, 0.2) is 27.3 Å². The Morgan fingerprint density at radius 3 is 2.60 bits per heavy atom. The second kappa shape index (κ2) is 7.95. The molecular weight excluding hydrogens is 342 g/mol. The standard InChI is InChI=1S/C17H27N3O4S/c1-5-18-16(19-8-9-25(21,22)17(2,3)4)20-11-13-6-7-14-15(10-13)24-12-23-14/h6-7,10H,5,8-9,11-12H2,1-4H3,(H2,18,19,20). The zero-order valence-corrected chi connectivity index (χ0v) is 16.1. The number of nitrogens with one attached hydrogen (secondary N) is 2. The van der Waals surface area contributed by atoms with Gasteiger partial charge in [0.1, 0.15) is 0 Å². The first-order valence-corrected chi connectivity index (χ1v) is 10.0. The molecule has 0 bridgehead atoms. The van der Waals surface area contributed by atoms with Gasteiger partial charge in [-0.05, 0) is 45.4 Å². The van der Waals surface area contributed by atoms with Crippen molar-refractivity contribution in [1.29, 1.82) is 0 Å². The number of hydrogen-bond acceptors (Lipinski definition) is 5. The van der Waals surface area contributed by atoms with E-state index in [0.29, 0.717) is 25.6 Å². The van der Waals surface area contributed by atoms with E-state index in [2.05, 4.69) is 15.6 Å². The normalized spacial score (nSPS) is 14.5. The number of hydrogen-bond donors (Lipinski definition) is 2. The maximum atomic E-state index is 12.2. The van der Waals surface area contributed by atoms with Crippen molar-refractivity contribution in [2.45, 2.75) is 39.0 Å². The number of fused-ring (bicyclic) bond motifs is 1. The molecule has 0 saturated heterocycles. The van der Waals surface area contributed by atoms with Gasteiger partial charge in [0, 0.05) is 13.1 Å². The molecule has 0 aromatic heterocycles. The van der Waals surface area contributed by atoms with Crippen LogP contribution in [0, 0.1) is 0 Å². The van der Waals surface area contributed by atoms with E-state index >= 15 is 0 Å². The van der Waals surface area contributed by atoms with Crippen LogP contribution >= 0.6 is 0 Å². The summed E-state index contributed by atoms with van der Waals surface area (Å²) in [6, 6.07) is 5.70. The summed E-state index contributed by atoms with van der Waals surface area (Å²) in [7, 11) is -3.16. The van der Waals surface area contributed by atoms with Crippen molar-refractivity contribution in [3.05, 3.63) is 23.8 Å². The summed E-state index contributed by atoms with van der Waals surface area (Å²) in [6.07, 6.45) is 0. The van der Waals surface area contributed by atoms with E-state index in [-0.39, 0.29) is 12.5 Å². The van der Waals surface area contributed by atoms with Gasteiger partial charge >= 0.3 is 0 Å². The van der Waals surface area contributed by atoms with Gasteiger partial charge in [-0.3, -0.25) is 0 Å². The molecule has 1 aliphatic rings. The van der Waals surface area contributed by atoms with Gasteiger partial charge in [0.2, 0.25) is 6.79 Å². The summed E-state index contributed by atoms with van der Waals surface area (Å²) < 4.78 is 34.2. The number of benzene rings is 1. The quantitative estimate of drug-likeness (QED) is 0.586. The summed E-state index contributed by atoms with van der Waals surface area (Å²) in [5.74, 6) is 2.11. The third-order valence-electron chi connectivity index (χ3n) is 3.80. The lowest BCUT2D eigenvalue weighted by Crippen LogP contribution is -2.41. The topological polar surface area (TPSA) is 89.0 Å². The molecule has 140 valence electrons. The molecule has 1 aromatic carbocycles. The third kappa shape index (κ3) is 5.26.